The molecule has 0 unspecified atom stereocenters. The first-order valence-electron chi connectivity index (χ1n) is 10.9. The SMILES string of the molecule is CCC(F)(F)c1ccc(-c2cc(C(=O)NC(C)(C)C)cc(-n3ccnc3C(C)(C)O)c2)cc1. The summed E-state index contributed by atoms with van der Waals surface area (Å²) in [5, 5.41) is 13.5. The number of alkyl halides is 2. The minimum Gasteiger partial charge on any atom is -0.382 e. The molecular formula is C26H31F2N3O2. The van der Waals surface area contributed by atoms with E-state index in [1.807, 2.05) is 26.8 Å². The lowest BCUT2D eigenvalue weighted by atomic mass is 9.97. The van der Waals surface area contributed by atoms with Crippen LogP contribution in [0.2, 0.25) is 0 Å². The average Bonchev–Trinajstić information content (AvgIpc) is 3.23. The molecule has 0 radical (unpaired) electrons. The number of halogens is 2. The summed E-state index contributed by atoms with van der Waals surface area (Å²) in [7, 11) is 0. The van der Waals surface area contributed by atoms with Gasteiger partial charge >= 0.3 is 0 Å². The standard InChI is InChI=1S/C26H31F2N3O2/c1-7-26(27,28)20-10-8-17(9-11-20)18-14-19(22(32)30-24(2,3)4)16-21(15-18)31-13-12-29-23(31)25(5,6)33/h8-16,33H,7H2,1-6H3,(H,30,32). The Morgan fingerprint density at radius 2 is 1.67 bits per heavy atom. The van der Waals surface area contributed by atoms with E-state index in [0.717, 1.165) is 0 Å². The molecule has 2 N–H and O–H groups in total. The molecule has 3 aromatic rings. The van der Waals surface area contributed by atoms with Gasteiger partial charge in [0.25, 0.3) is 11.8 Å². The van der Waals surface area contributed by atoms with E-state index >= 15 is 0 Å². The molecule has 2 aromatic carbocycles. The summed E-state index contributed by atoms with van der Waals surface area (Å²) in [6.07, 6.45) is 3.01. The lowest BCUT2D eigenvalue weighted by Crippen LogP contribution is -2.40. The molecule has 0 bridgehead atoms. The molecular weight excluding hydrogens is 424 g/mol. The van der Waals surface area contributed by atoms with Gasteiger partial charge in [0.05, 0.1) is 0 Å². The van der Waals surface area contributed by atoms with Crippen LogP contribution in [-0.2, 0) is 11.5 Å². The van der Waals surface area contributed by atoms with Gasteiger partial charge in [-0.25, -0.2) is 13.8 Å². The Morgan fingerprint density at radius 3 is 2.21 bits per heavy atom. The molecule has 0 aliphatic carbocycles. The number of rotatable bonds is 6. The Bertz CT molecular complexity index is 1140. The number of aliphatic hydroxyl groups is 1. The number of hydrogen-bond donors (Lipinski definition) is 2. The number of carbonyl (C=O) groups excluding carboxylic acids is 1. The highest BCUT2D eigenvalue weighted by Crippen LogP contribution is 2.33. The van der Waals surface area contributed by atoms with E-state index in [-0.39, 0.29) is 17.9 Å². The Balaban J connectivity index is 2.15. The highest BCUT2D eigenvalue weighted by molar-refractivity contribution is 5.96. The smallest absolute Gasteiger partial charge is 0.273 e. The quantitative estimate of drug-likeness (QED) is 0.494. The normalized spacial score (nSPS) is 12.6. The number of imidazole rings is 1. The molecule has 0 aliphatic heterocycles. The van der Waals surface area contributed by atoms with Crippen molar-refractivity contribution in [2.45, 2.75) is 65.0 Å². The molecule has 5 nitrogen and oxygen atoms in total. The zero-order valence-corrected chi connectivity index (χ0v) is 19.9. The third-order valence-electron chi connectivity index (χ3n) is 5.22. The van der Waals surface area contributed by atoms with Crippen LogP contribution in [0.25, 0.3) is 16.8 Å². The molecule has 176 valence electrons. The van der Waals surface area contributed by atoms with Gasteiger partial charge in [-0.05, 0) is 63.9 Å². The summed E-state index contributed by atoms with van der Waals surface area (Å²) in [5.74, 6) is -2.74. The van der Waals surface area contributed by atoms with E-state index in [4.69, 9.17) is 0 Å². The maximum Gasteiger partial charge on any atom is 0.273 e. The second kappa shape index (κ2) is 8.71. The highest BCUT2D eigenvalue weighted by Gasteiger charge is 2.29. The van der Waals surface area contributed by atoms with Crippen molar-refractivity contribution < 1.29 is 18.7 Å². The van der Waals surface area contributed by atoms with Crippen LogP contribution in [0.15, 0.2) is 54.9 Å². The molecule has 0 atom stereocenters. The highest BCUT2D eigenvalue weighted by atomic mass is 19.3. The van der Waals surface area contributed by atoms with E-state index < -0.39 is 17.1 Å². The summed E-state index contributed by atoms with van der Waals surface area (Å²) < 4.78 is 29.9. The predicted molar refractivity (Wildman–Crippen MR) is 126 cm³/mol. The van der Waals surface area contributed by atoms with Crippen molar-refractivity contribution in [2.24, 2.45) is 0 Å². The Hall–Kier alpha value is -3.06. The van der Waals surface area contributed by atoms with Crippen LogP contribution in [0.3, 0.4) is 0 Å². The summed E-state index contributed by atoms with van der Waals surface area (Å²) in [4.78, 5) is 17.3. The number of nitrogens with zero attached hydrogens (tertiary/aromatic N) is 2. The van der Waals surface area contributed by atoms with Crippen molar-refractivity contribution in [3.63, 3.8) is 0 Å². The lowest BCUT2D eigenvalue weighted by Gasteiger charge is -2.22. The summed E-state index contributed by atoms with van der Waals surface area (Å²) in [6, 6.07) is 11.4. The van der Waals surface area contributed by atoms with Crippen LogP contribution < -0.4 is 5.32 Å². The maximum atomic E-state index is 14.1. The van der Waals surface area contributed by atoms with Gasteiger partial charge in [0.1, 0.15) is 11.4 Å². The largest absolute Gasteiger partial charge is 0.382 e. The van der Waals surface area contributed by atoms with Gasteiger partial charge < -0.3 is 15.0 Å². The van der Waals surface area contributed by atoms with Crippen LogP contribution >= 0.6 is 0 Å². The van der Waals surface area contributed by atoms with Crippen molar-refractivity contribution in [3.8, 4) is 16.8 Å². The van der Waals surface area contributed by atoms with Crippen LogP contribution in [0.4, 0.5) is 8.78 Å². The molecule has 33 heavy (non-hydrogen) atoms. The first-order valence-corrected chi connectivity index (χ1v) is 10.9. The summed E-state index contributed by atoms with van der Waals surface area (Å²) >= 11 is 0. The van der Waals surface area contributed by atoms with Crippen molar-refractivity contribution in [1.82, 2.24) is 14.9 Å². The Morgan fingerprint density at radius 1 is 1.03 bits per heavy atom. The molecule has 0 fully saturated rings. The number of aromatic nitrogens is 2. The van der Waals surface area contributed by atoms with Crippen molar-refractivity contribution in [3.05, 3.63) is 71.8 Å². The van der Waals surface area contributed by atoms with E-state index in [1.54, 1.807) is 55.1 Å². The fourth-order valence-corrected chi connectivity index (χ4v) is 3.54. The van der Waals surface area contributed by atoms with Gasteiger partial charge in [-0.2, -0.15) is 0 Å². The third kappa shape index (κ3) is 5.66. The molecule has 1 amide bonds. The first kappa shape index (κ1) is 24.6. The molecule has 1 heterocycles. The zero-order chi connectivity index (χ0) is 24.6. The first-order chi connectivity index (χ1) is 15.2. The van der Waals surface area contributed by atoms with Crippen LogP contribution in [0.1, 0.15) is 69.7 Å². The second-order valence-electron chi connectivity index (χ2n) is 9.79. The Labute approximate surface area is 193 Å². The fraction of sp³-hybridized carbons (Fsp3) is 0.385. The van der Waals surface area contributed by atoms with Crippen molar-refractivity contribution in [2.75, 3.05) is 0 Å². The number of hydrogen-bond acceptors (Lipinski definition) is 3. The van der Waals surface area contributed by atoms with E-state index in [1.165, 1.54) is 19.1 Å². The number of nitrogens with one attached hydrogen (secondary N) is 1. The molecule has 3 rings (SSSR count). The predicted octanol–water partition coefficient (Wildman–Crippen LogP) is 5.80. The zero-order valence-electron chi connectivity index (χ0n) is 19.9. The van der Waals surface area contributed by atoms with Crippen LogP contribution in [0.5, 0.6) is 0 Å². The van der Waals surface area contributed by atoms with Crippen LogP contribution in [-0.4, -0.2) is 26.1 Å². The number of amides is 1. The summed E-state index contributed by atoms with van der Waals surface area (Å²) in [6.45, 7) is 10.4. The minimum atomic E-state index is -2.89. The molecule has 1 aromatic heterocycles. The monoisotopic (exact) mass is 455 g/mol. The average molecular weight is 456 g/mol. The van der Waals surface area contributed by atoms with Gasteiger partial charge in [-0.15, -0.1) is 0 Å². The van der Waals surface area contributed by atoms with E-state index in [2.05, 4.69) is 10.3 Å². The molecule has 7 heteroatoms. The van der Waals surface area contributed by atoms with Gasteiger partial charge in [0, 0.05) is 41.2 Å². The molecule has 0 saturated heterocycles. The Kier molecular flexibility index (Phi) is 6.48. The molecule has 0 saturated carbocycles. The van der Waals surface area contributed by atoms with Crippen molar-refractivity contribution in [1.29, 1.82) is 0 Å². The lowest BCUT2D eigenvalue weighted by molar-refractivity contribution is -0.00827. The van der Waals surface area contributed by atoms with Gasteiger partial charge in [-0.1, -0.05) is 31.2 Å². The fourth-order valence-electron chi connectivity index (χ4n) is 3.54. The van der Waals surface area contributed by atoms with E-state index in [0.29, 0.717) is 28.2 Å². The van der Waals surface area contributed by atoms with Crippen LogP contribution in [0, 0.1) is 0 Å². The minimum absolute atomic E-state index is 0.0467. The number of benzene rings is 2. The molecule has 0 aliphatic rings. The topological polar surface area (TPSA) is 67.2 Å². The van der Waals surface area contributed by atoms with Gasteiger partial charge in [-0.3, -0.25) is 4.79 Å². The van der Waals surface area contributed by atoms with Gasteiger partial charge in [0.15, 0.2) is 0 Å². The second-order valence-corrected chi connectivity index (χ2v) is 9.79. The number of carbonyl (C=O) groups is 1. The van der Waals surface area contributed by atoms with Gasteiger partial charge in [0.2, 0.25) is 0 Å². The van der Waals surface area contributed by atoms with E-state index in [9.17, 15) is 18.7 Å². The molecule has 0 spiro atoms. The van der Waals surface area contributed by atoms with Crippen molar-refractivity contribution >= 4 is 5.91 Å². The summed E-state index contributed by atoms with van der Waals surface area (Å²) in [5.41, 5.74) is 0.735. The maximum absolute atomic E-state index is 14.1. The third-order valence-corrected chi connectivity index (χ3v) is 5.22.